The van der Waals surface area contributed by atoms with E-state index >= 15 is 0 Å². The molecular weight excluding hydrogens is 398 g/mol. The van der Waals surface area contributed by atoms with Crippen molar-refractivity contribution in [3.05, 3.63) is 90.5 Å². The van der Waals surface area contributed by atoms with Crippen molar-refractivity contribution in [2.75, 3.05) is 18.5 Å². The van der Waals surface area contributed by atoms with E-state index in [-0.39, 0.29) is 31.1 Å². The van der Waals surface area contributed by atoms with E-state index in [1.165, 1.54) is 0 Å². The number of nitrogens with zero attached hydrogens (tertiary/aromatic N) is 3. The standard InChI is InChI=1S/C27H27N3O2/c1-29(21-22-13-15-24(16-14-22)23-9-4-2-5-10-23)26(31)17-18-27(32)30(20-8-19-28)25-11-6-3-7-12-25/h2-7,9-16H,8,17-18,20-21H2,1H3. The minimum Gasteiger partial charge on any atom is -0.341 e. The Bertz CT molecular complexity index is 1060. The van der Waals surface area contributed by atoms with Crippen LogP contribution in [-0.2, 0) is 16.1 Å². The maximum atomic E-state index is 12.8. The number of nitriles is 1. The summed E-state index contributed by atoms with van der Waals surface area (Å²) in [6, 6.07) is 29.6. The number of amides is 2. The van der Waals surface area contributed by atoms with Crippen molar-refractivity contribution in [3.8, 4) is 17.2 Å². The summed E-state index contributed by atoms with van der Waals surface area (Å²) in [4.78, 5) is 28.6. The first-order valence-electron chi connectivity index (χ1n) is 10.7. The summed E-state index contributed by atoms with van der Waals surface area (Å²) >= 11 is 0. The Balaban J connectivity index is 1.54. The lowest BCUT2D eigenvalue weighted by atomic mass is 10.0. The Morgan fingerprint density at radius 1 is 0.781 bits per heavy atom. The van der Waals surface area contributed by atoms with Crippen LogP contribution in [0.1, 0.15) is 24.8 Å². The summed E-state index contributed by atoms with van der Waals surface area (Å²) in [5.41, 5.74) is 4.06. The summed E-state index contributed by atoms with van der Waals surface area (Å²) in [7, 11) is 1.75. The molecule has 162 valence electrons. The van der Waals surface area contributed by atoms with Crippen molar-refractivity contribution in [2.45, 2.75) is 25.8 Å². The summed E-state index contributed by atoms with van der Waals surface area (Å²) in [5.74, 6) is -0.237. The molecule has 3 aromatic carbocycles. The number of hydrogen-bond acceptors (Lipinski definition) is 3. The van der Waals surface area contributed by atoms with Crippen molar-refractivity contribution in [3.63, 3.8) is 0 Å². The Morgan fingerprint density at radius 3 is 1.97 bits per heavy atom. The number of carbonyl (C=O) groups excluding carboxylic acids is 2. The summed E-state index contributed by atoms with van der Waals surface area (Å²) in [6.07, 6.45) is 0.483. The molecule has 0 radical (unpaired) electrons. The second-order valence-corrected chi connectivity index (χ2v) is 7.60. The third kappa shape index (κ3) is 6.29. The van der Waals surface area contributed by atoms with Crippen molar-refractivity contribution in [1.29, 1.82) is 5.26 Å². The van der Waals surface area contributed by atoms with Gasteiger partial charge in [0.2, 0.25) is 11.8 Å². The predicted molar refractivity (Wildman–Crippen MR) is 127 cm³/mol. The van der Waals surface area contributed by atoms with Gasteiger partial charge in [0.05, 0.1) is 12.5 Å². The highest BCUT2D eigenvalue weighted by molar-refractivity contribution is 5.95. The molecule has 0 N–H and O–H groups in total. The molecule has 0 aliphatic carbocycles. The molecule has 0 aromatic heterocycles. The molecule has 0 saturated heterocycles. The van der Waals surface area contributed by atoms with Gasteiger partial charge in [-0.1, -0.05) is 72.8 Å². The summed E-state index contributed by atoms with van der Waals surface area (Å²) < 4.78 is 0. The van der Waals surface area contributed by atoms with Crippen molar-refractivity contribution < 1.29 is 9.59 Å². The average molecular weight is 426 g/mol. The lowest BCUT2D eigenvalue weighted by Crippen LogP contribution is -2.33. The second kappa shape index (κ2) is 11.5. The van der Waals surface area contributed by atoms with Gasteiger partial charge in [-0.2, -0.15) is 5.26 Å². The predicted octanol–water partition coefficient (Wildman–Crippen LogP) is 5.04. The van der Waals surface area contributed by atoms with Crippen LogP contribution in [0.5, 0.6) is 0 Å². The van der Waals surface area contributed by atoms with E-state index in [2.05, 4.69) is 30.3 Å². The third-order valence-corrected chi connectivity index (χ3v) is 5.28. The highest BCUT2D eigenvalue weighted by atomic mass is 16.2. The largest absolute Gasteiger partial charge is 0.341 e. The van der Waals surface area contributed by atoms with Gasteiger partial charge in [-0.15, -0.1) is 0 Å². The molecule has 5 heteroatoms. The zero-order valence-electron chi connectivity index (χ0n) is 18.3. The molecule has 0 saturated carbocycles. The van der Waals surface area contributed by atoms with E-state index in [0.29, 0.717) is 13.1 Å². The van der Waals surface area contributed by atoms with Crippen molar-refractivity contribution >= 4 is 17.5 Å². The van der Waals surface area contributed by atoms with Crippen LogP contribution < -0.4 is 4.90 Å². The number of para-hydroxylation sites is 1. The Kier molecular flexibility index (Phi) is 8.16. The molecule has 0 heterocycles. The first kappa shape index (κ1) is 22.8. The fraction of sp³-hybridized carbons (Fsp3) is 0.222. The highest BCUT2D eigenvalue weighted by Crippen LogP contribution is 2.20. The molecule has 0 spiro atoms. The molecular formula is C27H27N3O2. The Hall–Kier alpha value is -3.91. The van der Waals surface area contributed by atoms with E-state index in [1.54, 1.807) is 16.8 Å². The molecule has 2 amide bonds. The monoisotopic (exact) mass is 425 g/mol. The molecule has 0 aliphatic heterocycles. The van der Waals surface area contributed by atoms with Gasteiger partial charge in [0.1, 0.15) is 0 Å². The topological polar surface area (TPSA) is 64.4 Å². The van der Waals surface area contributed by atoms with Crippen LogP contribution in [-0.4, -0.2) is 30.3 Å². The van der Waals surface area contributed by atoms with Crippen LogP contribution in [0.3, 0.4) is 0 Å². The van der Waals surface area contributed by atoms with Crippen LogP contribution in [0.15, 0.2) is 84.9 Å². The molecule has 3 aromatic rings. The van der Waals surface area contributed by atoms with Gasteiger partial charge in [0.15, 0.2) is 0 Å². The van der Waals surface area contributed by atoms with Crippen LogP contribution in [0, 0.1) is 11.3 Å². The Morgan fingerprint density at radius 2 is 1.34 bits per heavy atom. The second-order valence-electron chi connectivity index (χ2n) is 7.60. The van der Waals surface area contributed by atoms with Gasteiger partial charge >= 0.3 is 0 Å². The number of hydrogen-bond donors (Lipinski definition) is 0. The molecule has 0 aliphatic rings. The highest BCUT2D eigenvalue weighted by Gasteiger charge is 2.18. The average Bonchev–Trinajstić information content (AvgIpc) is 2.84. The van der Waals surface area contributed by atoms with Crippen molar-refractivity contribution in [2.24, 2.45) is 0 Å². The number of carbonyl (C=O) groups is 2. The van der Waals surface area contributed by atoms with E-state index in [4.69, 9.17) is 5.26 Å². The summed E-state index contributed by atoms with van der Waals surface area (Å²) in [6.45, 7) is 0.802. The molecule has 3 rings (SSSR count). The van der Waals surface area contributed by atoms with Gasteiger partial charge in [0.25, 0.3) is 0 Å². The fourth-order valence-electron chi connectivity index (χ4n) is 3.50. The minimum atomic E-state index is -0.152. The van der Waals surface area contributed by atoms with Crippen LogP contribution in [0.25, 0.3) is 11.1 Å². The molecule has 0 bridgehead atoms. The molecule has 0 fully saturated rings. The molecule has 0 unspecified atom stereocenters. The fourth-order valence-corrected chi connectivity index (χ4v) is 3.50. The lowest BCUT2D eigenvalue weighted by molar-refractivity contribution is -0.132. The maximum absolute atomic E-state index is 12.8. The number of benzene rings is 3. The first-order valence-corrected chi connectivity index (χ1v) is 10.7. The van der Waals surface area contributed by atoms with E-state index in [9.17, 15) is 9.59 Å². The van der Waals surface area contributed by atoms with Crippen molar-refractivity contribution in [1.82, 2.24) is 4.90 Å². The maximum Gasteiger partial charge on any atom is 0.227 e. The molecule has 0 atom stereocenters. The van der Waals surface area contributed by atoms with Gasteiger partial charge < -0.3 is 9.80 Å². The lowest BCUT2D eigenvalue weighted by Gasteiger charge is -2.23. The van der Waals surface area contributed by atoms with Gasteiger partial charge in [-0.25, -0.2) is 0 Å². The molecule has 32 heavy (non-hydrogen) atoms. The van der Waals surface area contributed by atoms with Gasteiger partial charge in [-0.3, -0.25) is 9.59 Å². The zero-order valence-corrected chi connectivity index (χ0v) is 18.3. The minimum absolute atomic E-state index is 0.0845. The van der Waals surface area contributed by atoms with E-state index in [0.717, 1.165) is 22.4 Å². The normalized spacial score (nSPS) is 10.2. The van der Waals surface area contributed by atoms with E-state index in [1.807, 2.05) is 60.7 Å². The van der Waals surface area contributed by atoms with E-state index < -0.39 is 0 Å². The quantitative estimate of drug-likeness (QED) is 0.482. The first-order chi connectivity index (χ1) is 15.6. The smallest absolute Gasteiger partial charge is 0.227 e. The Labute approximate surface area is 189 Å². The zero-order chi connectivity index (χ0) is 22.8. The third-order valence-electron chi connectivity index (χ3n) is 5.28. The van der Waals surface area contributed by atoms with Crippen LogP contribution in [0.2, 0.25) is 0 Å². The van der Waals surface area contributed by atoms with Crippen LogP contribution in [0.4, 0.5) is 5.69 Å². The summed E-state index contributed by atoms with van der Waals surface area (Å²) in [5, 5.41) is 8.91. The molecule has 5 nitrogen and oxygen atoms in total. The SMILES string of the molecule is CN(Cc1ccc(-c2ccccc2)cc1)C(=O)CCC(=O)N(CCC#N)c1ccccc1. The van der Waals surface area contributed by atoms with Crippen LogP contribution >= 0.6 is 0 Å². The number of rotatable bonds is 9. The number of anilines is 1. The van der Waals surface area contributed by atoms with Gasteiger partial charge in [0, 0.05) is 38.7 Å². The van der Waals surface area contributed by atoms with Gasteiger partial charge in [-0.05, 0) is 28.8 Å².